The highest BCUT2D eigenvalue weighted by Crippen LogP contribution is 2.35. The quantitative estimate of drug-likeness (QED) is 0.651. The Kier molecular flexibility index (Phi) is 6.59. The molecule has 2 unspecified atom stereocenters. The number of hydrogen-bond acceptors (Lipinski definition) is 2. The minimum Gasteiger partial charge on any atom is -0.483 e. The van der Waals surface area contributed by atoms with Gasteiger partial charge in [0.2, 0.25) is 0 Å². The molecule has 1 fully saturated rings. The maximum Gasteiger partial charge on any atom is 0.290 e. The Morgan fingerprint density at radius 2 is 1.54 bits per heavy atom. The Hall–Kier alpha value is -0.570. The van der Waals surface area contributed by atoms with Crippen LogP contribution in [-0.4, -0.2) is 22.8 Å². The average Bonchev–Trinajstić information content (AvgIpc) is 2.47. The third-order valence-electron chi connectivity index (χ3n) is 2.87. The van der Waals surface area contributed by atoms with Crippen molar-refractivity contribution < 1.29 is 15.0 Å². The van der Waals surface area contributed by atoms with Crippen LogP contribution >= 0.6 is 0 Å². The molecule has 0 spiro atoms. The van der Waals surface area contributed by atoms with E-state index in [9.17, 15) is 5.11 Å². The molecule has 1 saturated carbocycles. The van der Waals surface area contributed by atoms with Gasteiger partial charge in [0.15, 0.2) is 0 Å². The SMILES string of the molecule is CCC1CC(O)CC1CC.O=CO. The van der Waals surface area contributed by atoms with Gasteiger partial charge in [-0.3, -0.25) is 4.79 Å². The van der Waals surface area contributed by atoms with Crippen LogP contribution in [0.15, 0.2) is 0 Å². The molecule has 3 heteroatoms. The summed E-state index contributed by atoms with van der Waals surface area (Å²) in [5.41, 5.74) is 0. The van der Waals surface area contributed by atoms with Gasteiger partial charge in [0.05, 0.1) is 6.10 Å². The van der Waals surface area contributed by atoms with Gasteiger partial charge in [-0.1, -0.05) is 26.7 Å². The maximum atomic E-state index is 9.33. The summed E-state index contributed by atoms with van der Waals surface area (Å²) in [5, 5.41) is 16.2. The molecule has 0 amide bonds. The molecule has 2 atom stereocenters. The Bertz CT molecular complexity index is 124. The monoisotopic (exact) mass is 188 g/mol. The molecule has 3 nitrogen and oxygen atoms in total. The molecule has 0 aromatic rings. The van der Waals surface area contributed by atoms with E-state index in [1.807, 2.05) is 0 Å². The number of hydrogen-bond donors (Lipinski definition) is 2. The van der Waals surface area contributed by atoms with Crippen molar-refractivity contribution in [2.24, 2.45) is 11.8 Å². The van der Waals surface area contributed by atoms with E-state index in [4.69, 9.17) is 9.90 Å². The molecule has 0 aliphatic heterocycles. The summed E-state index contributed by atoms with van der Waals surface area (Å²) in [6.45, 7) is 4.21. The number of carboxylic acid groups (broad SMARTS) is 1. The van der Waals surface area contributed by atoms with Crippen molar-refractivity contribution in [3.8, 4) is 0 Å². The van der Waals surface area contributed by atoms with Crippen molar-refractivity contribution in [2.75, 3.05) is 0 Å². The van der Waals surface area contributed by atoms with Crippen LogP contribution in [-0.2, 0) is 4.79 Å². The molecule has 0 bridgehead atoms. The normalized spacial score (nSPS) is 32.1. The number of aliphatic hydroxyl groups excluding tert-OH is 1. The summed E-state index contributed by atoms with van der Waals surface area (Å²) in [6.07, 6.45) is 4.60. The van der Waals surface area contributed by atoms with Gasteiger partial charge in [0, 0.05) is 0 Å². The van der Waals surface area contributed by atoms with Crippen molar-refractivity contribution in [1.82, 2.24) is 0 Å². The van der Waals surface area contributed by atoms with Crippen LogP contribution in [0.4, 0.5) is 0 Å². The Morgan fingerprint density at radius 1 is 1.23 bits per heavy atom. The zero-order valence-electron chi connectivity index (χ0n) is 8.44. The highest BCUT2D eigenvalue weighted by Gasteiger charge is 2.30. The van der Waals surface area contributed by atoms with Crippen LogP contribution in [0.1, 0.15) is 39.5 Å². The van der Waals surface area contributed by atoms with Crippen molar-refractivity contribution >= 4 is 6.47 Å². The zero-order valence-corrected chi connectivity index (χ0v) is 8.44. The molecule has 1 rings (SSSR count). The lowest BCUT2D eigenvalue weighted by Crippen LogP contribution is -2.04. The third kappa shape index (κ3) is 4.27. The summed E-state index contributed by atoms with van der Waals surface area (Å²) in [4.78, 5) is 8.36. The first-order valence-electron chi connectivity index (χ1n) is 4.95. The summed E-state index contributed by atoms with van der Waals surface area (Å²) >= 11 is 0. The van der Waals surface area contributed by atoms with E-state index in [1.54, 1.807) is 0 Å². The van der Waals surface area contributed by atoms with Gasteiger partial charge < -0.3 is 10.2 Å². The second-order valence-corrected chi connectivity index (χ2v) is 3.57. The molecule has 1 aliphatic rings. The summed E-state index contributed by atoms with van der Waals surface area (Å²) in [6, 6.07) is 0. The van der Waals surface area contributed by atoms with Crippen LogP contribution in [0.2, 0.25) is 0 Å². The molecular formula is C10H20O3. The first-order chi connectivity index (χ1) is 6.19. The maximum absolute atomic E-state index is 9.33. The molecule has 0 aromatic heterocycles. The topological polar surface area (TPSA) is 57.5 Å². The van der Waals surface area contributed by atoms with Crippen molar-refractivity contribution in [3.05, 3.63) is 0 Å². The summed E-state index contributed by atoms with van der Waals surface area (Å²) < 4.78 is 0. The van der Waals surface area contributed by atoms with Gasteiger partial charge in [0.1, 0.15) is 0 Å². The predicted octanol–water partition coefficient (Wildman–Crippen LogP) is 1.89. The molecule has 0 heterocycles. The molecule has 78 valence electrons. The van der Waals surface area contributed by atoms with E-state index in [2.05, 4.69) is 13.8 Å². The minimum atomic E-state index is -0.250. The molecule has 0 aromatic carbocycles. The lowest BCUT2D eigenvalue weighted by Gasteiger charge is -2.13. The number of rotatable bonds is 2. The molecule has 2 N–H and O–H groups in total. The first kappa shape index (κ1) is 12.4. The summed E-state index contributed by atoms with van der Waals surface area (Å²) in [5.74, 6) is 1.61. The van der Waals surface area contributed by atoms with Crippen LogP contribution < -0.4 is 0 Å². The summed E-state index contributed by atoms with van der Waals surface area (Å²) in [7, 11) is 0. The van der Waals surface area contributed by atoms with Crippen LogP contribution in [0, 0.1) is 11.8 Å². The molecule has 1 aliphatic carbocycles. The average molecular weight is 188 g/mol. The zero-order chi connectivity index (χ0) is 10.3. The van der Waals surface area contributed by atoms with Gasteiger partial charge in [-0.25, -0.2) is 0 Å². The molecule has 0 radical (unpaired) electrons. The van der Waals surface area contributed by atoms with Crippen LogP contribution in [0.25, 0.3) is 0 Å². The van der Waals surface area contributed by atoms with Crippen molar-refractivity contribution in [2.45, 2.75) is 45.6 Å². The van der Waals surface area contributed by atoms with E-state index in [0.717, 1.165) is 24.7 Å². The highest BCUT2D eigenvalue weighted by molar-refractivity contribution is 5.32. The number of aliphatic hydroxyl groups is 1. The first-order valence-corrected chi connectivity index (χ1v) is 4.95. The van der Waals surface area contributed by atoms with Gasteiger partial charge in [-0.05, 0) is 24.7 Å². The second-order valence-electron chi connectivity index (χ2n) is 3.57. The van der Waals surface area contributed by atoms with E-state index >= 15 is 0 Å². The lowest BCUT2D eigenvalue weighted by atomic mass is 9.92. The fourth-order valence-electron chi connectivity index (χ4n) is 2.18. The standard InChI is InChI=1S/C9H18O.CH2O2/c1-3-7-5-9(10)6-8(7)4-2;2-1-3/h7-10H,3-6H2,1-2H3;1H,(H,2,3). The molecule has 13 heavy (non-hydrogen) atoms. The fourth-order valence-corrected chi connectivity index (χ4v) is 2.18. The van der Waals surface area contributed by atoms with E-state index in [1.165, 1.54) is 12.8 Å². The van der Waals surface area contributed by atoms with Gasteiger partial charge in [0.25, 0.3) is 6.47 Å². The molecular weight excluding hydrogens is 168 g/mol. The Labute approximate surface area is 79.8 Å². The Morgan fingerprint density at radius 3 is 1.77 bits per heavy atom. The Balaban J connectivity index is 0.000000424. The van der Waals surface area contributed by atoms with E-state index < -0.39 is 0 Å². The van der Waals surface area contributed by atoms with E-state index in [0.29, 0.717) is 0 Å². The number of carbonyl (C=O) groups is 1. The van der Waals surface area contributed by atoms with E-state index in [-0.39, 0.29) is 12.6 Å². The molecule has 0 saturated heterocycles. The largest absolute Gasteiger partial charge is 0.483 e. The van der Waals surface area contributed by atoms with Crippen molar-refractivity contribution in [1.29, 1.82) is 0 Å². The third-order valence-corrected chi connectivity index (χ3v) is 2.87. The van der Waals surface area contributed by atoms with Crippen LogP contribution in [0.5, 0.6) is 0 Å². The lowest BCUT2D eigenvalue weighted by molar-refractivity contribution is -0.122. The van der Waals surface area contributed by atoms with Gasteiger partial charge >= 0.3 is 0 Å². The fraction of sp³-hybridized carbons (Fsp3) is 0.900. The predicted molar refractivity (Wildman–Crippen MR) is 51.5 cm³/mol. The highest BCUT2D eigenvalue weighted by atomic mass is 16.3. The van der Waals surface area contributed by atoms with Crippen LogP contribution in [0.3, 0.4) is 0 Å². The van der Waals surface area contributed by atoms with Crippen molar-refractivity contribution in [3.63, 3.8) is 0 Å². The van der Waals surface area contributed by atoms with Gasteiger partial charge in [-0.2, -0.15) is 0 Å². The smallest absolute Gasteiger partial charge is 0.290 e. The second kappa shape index (κ2) is 6.89. The van der Waals surface area contributed by atoms with Gasteiger partial charge in [-0.15, -0.1) is 0 Å². The minimum absolute atomic E-state index is 0.00917.